The number of rotatable bonds is 9. The lowest BCUT2D eigenvalue weighted by Crippen LogP contribution is -2.14. The molecule has 2 aromatic rings. The molecule has 2 rings (SSSR count). The molecule has 0 bridgehead atoms. The first-order valence-corrected chi connectivity index (χ1v) is 9.08. The Kier molecular flexibility index (Phi) is 6.43. The van der Waals surface area contributed by atoms with E-state index >= 15 is 0 Å². The van der Waals surface area contributed by atoms with Gasteiger partial charge in [-0.25, -0.2) is 9.97 Å². The predicted octanol–water partition coefficient (Wildman–Crippen LogP) is 4.13. The van der Waals surface area contributed by atoms with E-state index in [9.17, 15) is 0 Å². The van der Waals surface area contributed by atoms with Gasteiger partial charge in [0.15, 0.2) is 0 Å². The van der Waals surface area contributed by atoms with Crippen molar-refractivity contribution in [1.29, 1.82) is 0 Å². The Morgan fingerprint density at radius 2 is 1.78 bits per heavy atom. The first-order chi connectivity index (χ1) is 11.0. The Bertz CT molecular complexity index is 594. The SMILES string of the molecule is CCCn1c(CC(C)Cc2nccn2CC)cnc1CC(C)C. The van der Waals surface area contributed by atoms with E-state index in [-0.39, 0.29) is 0 Å². The summed E-state index contributed by atoms with van der Waals surface area (Å²) in [6.07, 6.45) is 10.4. The highest BCUT2D eigenvalue weighted by molar-refractivity contribution is 5.08. The molecule has 0 saturated carbocycles. The van der Waals surface area contributed by atoms with Crippen LogP contribution in [-0.4, -0.2) is 19.1 Å². The van der Waals surface area contributed by atoms with Crippen molar-refractivity contribution in [2.45, 2.75) is 73.4 Å². The first-order valence-electron chi connectivity index (χ1n) is 9.08. The summed E-state index contributed by atoms with van der Waals surface area (Å²) < 4.78 is 4.69. The molecule has 0 radical (unpaired) electrons. The van der Waals surface area contributed by atoms with E-state index in [1.54, 1.807) is 0 Å². The summed E-state index contributed by atoms with van der Waals surface area (Å²) in [4.78, 5) is 9.21. The maximum Gasteiger partial charge on any atom is 0.109 e. The topological polar surface area (TPSA) is 35.6 Å². The molecule has 2 aromatic heterocycles. The van der Waals surface area contributed by atoms with Gasteiger partial charge in [0.1, 0.15) is 11.6 Å². The molecule has 128 valence electrons. The molecule has 0 aromatic carbocycles. The molecule has 0 fully saturated rings. The smallest absolute Gasteiger partial charge is 0.109 e. The van der Waals surface area contributed by atoms with Crippen molar-refractivity contribution >= 4 is 0 Å². The zero-order chi connectivity index (χ0) is 16.8. The van der Waals surface area contributed by atoms with Gasteiger partial charge in [0.05, 0.1) is 0 Å². The second-order valence-corrected chi connectivity index (χ2v) is 7.06. The molecule has 4 nitrogen and oxygen atoms in total. The summed E-state index contributed by atoms with van der Waals surface area (Å²) in [6, 6.07) is 0. The van der Waals surface area contributed by atoms with Gasteiger partial charge in [-0.05, 0) is 31.6 Å². The van der Waals surface area contributed by atoms with Crippen LogP contribution in [0.15, 0.2) is 18.6 Å². The van der Waals surface area contributed by atoms with Crippen molar-refractivity contribution in [2.24, 2.45) is 11.8 Å². The monoisotopic (exact) mass is 316 g/mol. The zero-order valence-electron chi connectivity index (χ0n) is 15.4. The molecule has 2 heterocycles. The van der Waals surface area contributed by atoms with E-state index < -0.39 is 0 Å². The van der Waals surface area contributed by atoms with Crippen molar-refractivity contribution in [2.75, 3.05) is 0 Å². The third-order valence-electron chi connectivity index (χ3n) is 4.29. The molecule has 0 amide bonds. The minimum absolute atomic E-state index is 0.571. The van der Waals surface area contributed by atoms with Gasteiger partial charge in [0.25, 0.3) is 0 Å². The fourth-order valence-electron chi connectivity index (χ4n) is 3.20. The lowest BCUT2D eigenvalue weighted by molar-refractivity contribution is 0.501. The summed E-state index contributed by atoms with van der Waals surface area (Å²) in [7, 11) is 0. The molecule has 1 unspecified atom stereocenters. The molecule has 0 aliphatic rings. The van der Waals surface area contributed by atoms with E-state index in [0.717, 1.165) is 38.8 Å². The fraction of sp³-hybridized carbons (Fsp3) is 0.684. The van der Waals surface area contributed by atoms with Gasteiger partial charge in [0, 0.05) is 50.2 Å². The number of hydrogen-bond donors (Lipinski definition) is 0. The van der Waals surface area contributed by atoms with Crippen LogP contribution in [0.1, 0.15) is 58.4 Å². The molecule has 0 saturated heterocycles. The number of imidazole rings is 2. The molecule has 0 spiro atoms. The molecular formula is C19H32N4. The van der Waals surface area contributed by atoms with E-state index in [1.165, 1.54) is 17.3 Å². The van der Waals surface area contributed by atoms with E-state index in [4.69, 9.17) is 4.98 Å². The van der Waals surface area contributed by atoms with Gasteiger partial charge in [-0.3, -0.25) is 0 Å². The third-order valence-corrected chi connectivity index (χ3v) is 4.29. The molecule has 23 heavy (non-hydrogen) atoms. The second-order valence-electron chi connectivity index (χ2n) is 7.06. The van der Waals surface area contributed by atoms with Gasteiger partial charge >= 0.3 is 0 Å². The Balaban J connectivity index is 2.07. The molecular weight excluding hydrogens is 284 g/mol. The van der Waals surface area contributed by atoms with Crippen LogP contribution in [0, 0.1) is 11.8 Å². The lowest BCUT2D eigenvalue weighted by atomic mass is 10.0. The number of aryl methyl sites for hydroxylation is 1. The maximum atomic E-state index is 4.70. The quantitative estimate of drug-likeness (QED) is 0.697. The Hall–Kier alpha value is -1.58. The van der Waals surface area contributed by atoms with Gasteiger partial charge in [-0.15, -0.1) is 0 Å². The van der Waals surface area contributed by atoms with Crippen LogP contribution >= 0.6 is 0 Å². The summed E-state index contributed by atoms with van der Waals surface area (Å²) in [5.41, 5.74) is 1.38. The Morgan fingerprint density at radius 3 is 2.43 bits per heavy atom. The number of hydrogen-bond acceptors (Lipinski definition) is 2. The van der Waals surface area contributed by atoms with Gasteiger partial charge in [0.2, 0.25) is 0 Å². The van der Waals surface area contributed by atoms with Crippen LogP contribution < -0.4 is 0 Å². The standard InChI is InChI=1S/C19H32N4/c1-6-9-23-17(14-21-19(23)11-15(3)4)12-16(5)13-18-20-8-10-22(18)7-2/h8,10,14-16H,6-7,9,11-13H2,1-5H3. The van der Waals surface area contributed by atoms with E-state index in [2.05, 4.69) is 61.1 Å². The maximum absolute atomic E-state index is 4.70. The predicted molar refractivity (Wildman–Crippen MR) is 95.5 cm³/mol. The van der Waals surface area contributed by atoms with Crippen LogP contribution in [0.4, 0.5) is 0 Å². The Morgan fingerprint density at radius 1 is 1.00 bits per heavy atom. The largest absolute Gasteiger partial charge is 0.335 e. The van der Waals surface area contributed by atoms with Crippen molar-refractivity contribution in [3.63, 3.8) is 0 Å². The van der Waals surface area contributed by atoms with Crippen molar-refractivity contribution in [1.82, 2.24) is 19.1 Å². The molecule has 4 heteroatoms. The normalized spacial score (nSPS) is 13.0. The Labute approximate surface area is 141 Å². The summed E-state index contributed by atoms with van der Waals surface area (Å²) in [5, 5.41) is 0. The number of aromatic nitrogens is 4. The average Bonchev–Trinajstić information content (AvgIpc) is 3.08. The lowest BCUT2D eigenvalue weighted by Gasteiger charge is -2.16. The highest BCUT2D eigenvalue weighted by atomic mass is 15.1. The van der Waals surface area contributed by atoms with Gasteiger partial charge in [-0.1, -0.05) is 27.7 Å². The average molecular weight is 316 g/mol. The molecule has 0 aliphatic heterocycles. The molecule has 0 N–H and O–H groups in total. The number of nitrogens with zero attached hydrogens (tertiary/aromatic N) is 4. The van der Waals surface area contributed by atoms with E-state index in [1.807, 2.05) is 6.20 Å². The molecule has 1 atom stereocenters. The fourth-order valence-corrected chi connectivity index (χ4v) is 3.20. The van der Waals surface area contributed by atoms with E-state index in [0.29, 0.717) is 11.8 Å². The van der Waals surface area contributed by atoms with Crippen molar-refractivity contribution in [3.8, 4) is 0 Å². The van der Waals surface area contributed by atoms with Gasteiger partial charge < -0.3 is 9.13 Å². The summed E-state index contributed by atoms with van der Waals surface area (Å²) in [5.74, 6) is 3.67. The first kappa shape index (κ1) is 17.8. The second kappa shape index (κ2) is 8.32. The summed E-state index contributed by atoms with van der Waals surface area (Å²) in [6.45, 7) is 13.3. The van der Waals surface area contributed by atoms with Crippen LogP contribution in [0.2, 0.25) is 0 Å². The highest BCUT2D eigenvalue weighted by Gasteiger charge is 2.15. The molecule has 0 aliphatic carbocycles. The highest BCUT2D eigenvalue weighted by Crippen LogP contribution is 2.17. The van der Waals surface area contributed by atoms with Crippen LogP contribution in [0.3, 0.4) is 0 Å². The van der Waals surface area contributed by atoms with Crippen molar-refractivity contribution in [3.05, 3.63) is 35.9 Å². The van der Waals surface area contributed by atoms with Gasteiger partial charge in [-0.2, -0.15) is 0 Å². The minimum atomic E-state index is 0.571. The van der Waals surface area contributed by atoms with Crippen LogP contribution in [-0.2, 0) is 32.4 Å². The third kappa shape index (κ3) is 4.69. The minimum Gasteiger partial charge on any atom is -0.335 e. The van der Waals surface area contributed by atoms with Crippen LogP contribution in [0.25, 0.3) is 0 Å². The zero-order valence-corrected chi connectivity index (χ0v) is 15.4. The van der Waals surface area contributed by atoms with Crippen molar-refractivity contribution < 1.29 is 0 Å². The van der Waals surface area contributed by atoms with Crippen LogP contribution in [0.5, 0.6) is 0 Å². The summed E-state index contributed by atoms with van der Waals surface area (Å²) >= 11 is 0.